The zero-order valence-corrected chi connectivity index (χ0v) is 11.2. The van der Waals surface area contributed by atoms with Gasteiger partial charge in [-0.1, -0.05) is 22.0 Å². The van der Waals surface area contributed by atoms with Crippen molar-refractivity contribution in [1.29, 1.82) is 0 Å². The molecule has 0 bridgehead atoms. The van der Waals surface area contributed by atoms with Gasteiger partial charge in [-0.15, -0.1) is 0 Å². The van der Waals surface area contributed by atoms with Gasteiger partial charge in [0.15, 0.2) is 0 Å². The van der Waals surface area contributed by atoms with Gasteiger partial charge >= 0.3 is 0 Å². The highest BCUT2D eigenvalue weighted by atomic mass is 79.9. The Balaban J connectivity index is 1.84. The first-order valence-electron chi connectivity index (χ1n) is 5.87. The Morgan fingerprint density at radius 1 is 1.53 bits per heavy atom. The molecule has 1 amide bonds. The van der Waals surface area contributed by atoms with Gasteiger partial charge in [0.05, 0.1) is 0 Å². The van der Waals surface area contributed by atoms with Crippen LogP contribution in [0.15, 0.2) is 28.7 Å². The maximum Gasteiger partial charge on any atom is 0.224 e. The van der Waals surface area contributed by atoms with E-state index in [1.54, 1.807) is 0 Å². The van der Waals surface area contributed by atoms with E-state index in [-0.39, 0.29) is 5.91 Å². The highest BCUT2D eigenvalue weighted by molar-refractivity contribution is 9.10. The standard InChI is InChI=1S/C13H16BrNO2/c14-11-4-1-5-12(8-11)15-13(16)7-10-3-2-6-17-9-10/h1,4-5,8,10H,2-3,6-7,9H2,(H,15,16). The van der Waals surface area contributed by atoms with Gasteiger partial charge in [0.2, 0.25) is 5.91 Å². The number of carbonyl (C=O) groups is 1. The lowest BCUT2D eigenvalue weighted by molar-refractivity contribution is -0.118. The zero-order chi connectivity index (χ0) is 12.1. The fourth-order valence-corrected chi connectivity index (χ4v) is 2.41. The summed E-state index contributed by atoms with van der Waals surface area (Å²) in [6.07, 6.45) is 2.70. The van der Waals surface area contributed by atoms with Crippen LogP contribution in [-0.4, -0.2) is 19.1 Å². The average Bonchev–Trinajstić information content (AvgIpc) is 2.30. The number of rotatable bonds is 3. The molecule has 1 saturated heterocycles. The number of hydrogen-bond donors (Lipinski definition) is 1. The molecule has 1 atom stereocenters. The molecule has 0 radical (unpaired) electrons. The van der Waals surface area contributed by atoms with Crippen molar-refractivity contribution in [3.63, 3.8) is 0 Å². The van der Waals surface area contributed by atoms with Gasteiger partial charge in [0.1, 0.15) is 0 Å². The number of ether oxygens (including phenoxy) is 1. The first-order chi connectivity index (χ1) is 8.24. The molecule has 92 valence electrons. The van der Waals surface area contributed by atoms with Crippen LogP contribution in [0.2, 0.25) is 0 Å². The van der Waals surface area contributed by atoms with Crippen molar-refractivity contribution in [3.05, 3.63) is 28.7 Å². The second kappa shape index (κ2) is 6.17. The number of anilines is 1. The van der Waals surface area contributed by atoms with Crippen LogP contribution in [-0.2, 0) is 9.53 Å². The highest BCUT2D eigenvalue weighted by Gasteiger charge is 2.17. The molecule has 0 aromatic heterocycles. The Morgan fingerprint density at radius 3 is 3.12 bits per heavy atom. The van der Waals surface area contributed by atoms with E-state index in [1.807, 2.05) is 24.3 Å². The molecule has 1 unspecified atom stereocenters. The van der Waals surface area contributed by atoms with E-state index >= 15 is 0 Å². The maximum atomic E-state index is 11.8. The smallest absolute Gasteiger partial charge is 0.224 e. The molecule has 1 aliphatic heterocycles. The Hall–Kier alpha value is -0.870. The van der Waals surface area contributed by atoms with Crippen LogP contribution >= 0.6 is 15.9 Å². The lowest BCUT2D eigenvalue weighted by atomic mass is 9.98. The fourth-order valence-electron chi connectivity index (χ4n) is 2.01. The molecule has 3 nitrogen and oxygen atoms in total. The molecule has 1 N–H and O–H groups in total. The van der Waals surface area contributed by atoms with Gasteiger partial charge in [-0.05, 0) is 37.0 Å². The van der Waals surface area contributed by atoms with Gasteiger partial charge in [0, 0.05) is 29.8 Å². The second-order valence-corrected chi connectivity index (χ2v) is 5.26. The van der Waals surface area contributed by atoms with E-state index in [9.17, 15) is 4.79 Å². The number of amides is 1. The number of halogens is 1. The van der Waals surface area contributed by atoms with E-state index < -0.39 is 0 Å². The quantitative estimate of drug-likeness (QED) is 0.930. The summed E-state index contributed by atoms with van der Waals surface area (Å²) < 4.78 is 6.33. The van der Waals surface area contributed by atoms with Crippen molar-refractivity contribution in [1.82, 2.24) is 0 Å². The lowest BCUT2D eigenvalue weighted by Crippen LogP contribution is -2.23. The van der Waals surface area contributed by atoms with Crippen molar-refractivity contribution >= 4 is 27.5 Å². The predicted molar refractivity (Wildman–Crippen MR) is 70.9 cm³/mol. The van der Waals surface area contributed by atoms with Gasteiger partial charge < -0.3 is 10.1 Å². The average molecular weight is 298 g/mol. The molecule has 2 rings (SSSR count). The topological polar surface area (TPSA) is 38.3 Å². The summed E-state index contributed by atoms with van der Waals surface area (Å²) in [4.78, 5) is 11.8. The first-order valence-corrected chi connectivity index (χ1v) is 6.66. The van der Waals surface area contributed by atoms with Gasteiger partial charge in [-0.25, -0.2) is 0 Å². The summed E-state index contributed by atoms with van der Waals surface area (Å²) in [7, 11) is 0. The summed E-state index contributed by atoms with van der Waals surface area (Å²) >= 11 is 3.38. The van der Waals surface area contributed by atoms with Crippen LogP contribution in [0.5, 0.6) is 0 Å². The van der Waals surface area contributed by atoms with E-state index in [0.717, 1.165) is 29.6 Å². The molecular weight excluding hydrogens is 282 g/mol. The first kappa shape index (κ1) is 12.6. The fraction of sp³-hybridized carbons (Fsp3) is 0.462. The summed E-state index contributed by atoms with van der Waals surface area (Å²) in [5.41, 5.74) is 0.834. The predicted octanol–water partition coefficient (Wildman–Crippen LogP) is 3.20. The molecule has 0 saturated carbocycles. The van der Waals surface area contributed by atoms with E-state index in [0.29, 0.717) is 18.9 Å². The van der Waals surface area contributed by atoms with Gasteiger partial charge in [0.25, 0.3) is 0 Å². The molecule has 0 aliphatic carbocycles. The molecule has 17 heavy (non-hydrogen) atoms. The molecular formula is C13H16BrNO2. The SMILES string of the molecule is O=C(CC1CCCOC1)Nc1cccc(Br)c1. The third kappa shape index (κ3) is 4.13. The highest BCUT2D eigenvalue weighted by Crippen LogP contribution is 2.19. The summed E-state index contributed by atoms with van der Waals surface area (Å²) in [6, 6.07) is 7.63. The van der Waals surface area contributed by atoms with Crippen LogP contribution in [0.1, 0.15) is 19.3 Å². The summed E-state index contributed by atoms with van der Waals surface area (Å²) in [5, 5.41) is 2.91. The molecule has 1 aromatic carbocycles. The Morgan fingerprint density at radius 2 is 2.41 bits per heavy atom. The molecule has 1 heterocycles. The molecule has 1 aliphatic rings. The lowest BCUT2D eigenvalue weighted by Gasteiger charge is -2.21. The van der Waals surface area contributed by atoms with E-state index in [4.69, 9.17) is 4.74 Å². The van der Waals surface area contributed by atoms with Crippen molar-refractivity contribution < 1.29 is 9.53 Å². The van der Waals surface area contributed by atoms with E-state index in [1.165, 1.54) is 0 Å². The minimum Gasteiger partial charge on any atom is -0.381 e. The largest absolute Gasteiger partial charge is 0.381 e. The van der Waals surface area contributed by atoms with Crippen molar-refractivity contribution in [3.8, 4) is 0 Å². The van der Waals surface area contributed by atoms with E-state index in [2.05, 4.69) is 21.2 Å². The number of carbonyl (C=O) groups excluding carboxylic acids is 1. The number of nitrogens with one attached hydrogen (secondary N) is 1. The minimum absolute atomic E-state index is 0.0681. The minimum atomic E-state index is 0.0681. The van der Waals surface area contributed by atoms with Crippen LogP contribution in [0.25, 0.3) is 0 Å². The van der Waals surface area contributed by atoms with Crippen LogP contribution in [0.4, 0.5) is 5.69 Å². The van der Waals surface area contributed by atoms with Crippen molar-refractivity contribution in [2.75, 3.05) is 18.5 Å². The Kier molecular flexibility index (Phi) is 4.57. The van der Waals surface area contributed by atoms with Gasteiger partial charge in [-0.3, -0.25) is 4.79 Å². The number of benzene rings is 1. The molecule has 4 heteroatoms. The third-order valence-electron chi connectivity index (χ3n) is 2.84. The van der Waals surface area contributed by atoms with Crippen LogP contribution < -0.4 is 5.32 Å². The normalized spacial score (nSPS) is 19.9. The third-order valence-corrected chi connectivity index (χ3v) is 3.33. The summed E-state index contributed by atoms with van der Waals surface area (Å²) in [6.45, 7) is 1.55. The molecule has 1 aromatic rings. The number of hydrogen-bond acceptors (Lipinski definition) is 2. The second-order valence-electron chi connectivity index (χ2n) is 4.35. The molecule has 1 fully saturated rings. The maximum absolute atomic E-state index is 11.8. The molecule has 0 spiro atoms. The monoisotopic (exact) mass is 297 g/mol. The Bertz CT molecular complexity index is 389. The van der Waals surface area contributed by atoms with Gasteiger partial charge in [-0.2, -0.15) is 0 Å². The van der Waals surface area contributed by atoms with Crippen LogP contribution in [0.3, 0.4) is 0 Å². The Labute approximate surface area is 110 Å². The zero-order valence-electron chi connectivity index (χ0n) is 9.62. The van der Waals surface area contributed by atoms with Crippen molar-refractivity contribution in [2.24, 2.45) is 5.92 Å². The summed E-state index contributed by atoms with van der Waals surface area (Å²) in [5.74, 6) is 0.439. The van der Waals surface area contributed by atoms with Crippen molar-refractivity contribution in [2.45, 2.75) is 19.3 Å². The van der Waals surface area contributed by atoms with Crippen LogP contribution in [0, 0.1) is 5.92 Å².